The zero-order valence-electron chi connectivity index (χ0n) is 11.8. The molecule has 2 nitrogen and oxygen atoms in total. The molecule has 3 aromatic rings. The Hall–Kier alpha value is -2.58. The molecule has 3 aromatic carbocycles. The van der Waals surface area contributed by atoms with Crippen LogP contribution in [-0.2, 0) is 4.79 Å². The zero-order chi connectivity index (χ0) is 15.5. The van der Waals surface area contributed by atoms with Crippen LogP contribution in [0.15, 0.2) is 73.3 Å². The van der Waals surface area contributed by atoms with Crippen LogP contribution in [0.3, 0.4) is 0 Å². The number of hydrogen-bond acceptors (Lipinski definition) is 1. The number of amides is 1. The predicted molar refractivity (Wildman–Crippen MR) is 93.2 cm³/mol. The van der Waals surface area contributed by atoms with Crippen LogP contribution in [0, 0.1) is 0 Å². The summed E-state index contributed by atoms with van der Waals surface area (Å²) in [7, 11) is 0. The minimum atomic E-state index is -0.244. The van der Waals surface area contributed by atoms with Crippen molar-refractivity contribution in [2.24, 2.45) is 0 Å². The minimum Gasteiger partial charge on any atom is -0.323 e. The molecule has 0 spiro atoms. The molecule has 0 fully saturated rings. The fourth-order valence-electron chi connectivity index (χ4n) is 2.37. The first kappa shape index (κ1) is 14.4. The highest BCUT2D eigenvalue weighted by atomic mass is 35.5. The Balaban J connectivity index is 2.06. The highest BCUT2D eigenvalue weighted by Gasteiger charge is 2.07. The maximum atomic E-state index is 11.4. The van der Waals surface area contributed by atoms with Gasteiger partial charge in [-0.15, -0.1) is 0 Å². The quantitative estimate of drug-likeness (QED) is 0.655. The van der Waals surface area contributed by atoms with E-state index in [0.717, 1.165) is 16.5 Å². The average Bonchev–Trinajstić information content (AvgIpc) is 2.56. The summed E-state index contributed by atoms with van der Waals surface area (Å²) in [6, 6.07) is 19.8. The lowest BCUT2D eigenvalue weighted by Gasteiger charge is -2.09. The Bertz CT molecular complexity index is 870. The third-order valence-corrected chi connectivity index (χ3v) is 3.81. The highest BCUT2D eigenvalue weighted by Crippen LogP contribution is 2.32. The lowest BCUT2D eigenvalue weighted by Crippen LogP contribution is -2.07. The summed E-state index contributed by atoms with van der Waals surface area (Å²) >= 11 is 6.32. The average molecular weight is 308 g/mol. The van der Waals surface area contributed by atoms with Gasteiger partial charge in [-0.05, 0) is 46.7 Å². The Morgan fingerprint density at radius 2 is 1.77 bits per heavy atom. The predicted octanol–water partition coefficient (Wildman–Crippen LogP) is 5.28. The van der Waals surface area contributed by atoms with Crippen molar-refractivity contribution in [2.45, 2.75) is 0 Å². The number of carbonyl (C=O) groups is 1. The second-order valence-electron chi connectivity index (χ2n) is 4.95. The van der Waals surface area contributed by atoms with Crippen LogP contribution in [0.2, 0.25) is 5.02 Å². The summed E-state index contributed by atoms with van der Waals surface area (Å²) in [6.45, 7) is 3.45. The number of anilines is 1. The molecule has 0 aliphatic heterocycles. The van der Waals surface area contributed by atoms with E-state index in [4.69, 9.17) is 11.6 Å². The fourth-order valence-corrected chi connectivity index (χ4v) is 2.60. The summed E-state index contributed by atoms with van der Waals surface area (Å²) in [4.78, 5) is 11.4. The van der Waals surface area contributed by atoms with Crippen molar-refractivity contribution in [1.29, 1.82) is 0 Å². The highest BCUT2D eigenvalue weighted by molar-refractivity contribution is 6.33. The van der Waals surface area contributed by atoms with Gasteiger partial charge in [0.1, 0.15) is 0 Å². The van der Waals surface area contributed by atoms with Crippen LogP contribution in [0.25, 0.3) is 21.9 Å². The number of rotatable bonds is 3. The molecule has 22 heavy (non-hydrogen) atoms. The minimum absolute atomic E-state index is 0.244. The van der Waals surface area contributed by atoms with Gasteiger partial charge in [0.25, 0.3) is 0 Å². The number of hydrogen-bond donors (Lipinski definition) is 1. The van der Waals surface area contributed by atoms with Gasteiger partial charge in [0, 0.05) is 16.3 Å². The van der Waals surface area contributed by atoms with Crippen molar-refractivity contribution < 1.29 is 4.79 Å². The van der Waals surface area contributed by atoms with Crippen molar-refractivity contribution in [1.82, 2.24) is 0 Å². The van der Waals surface area contributed by atoms with Crippen molar-refractivity contribution in [2.75, 3.05) is 5.32 Å². The molecule has 0 heterocycles. The van der Waals surface area contributed by atoms with Gasteiger partial charge in [-0.2, -0.15) is 0 Å². The first-order valence-electron chi connectivity index (χ1n) is 6.89. The maximum Gasteiger partial charge on any atom is 0.247 e. The molecule has 0 unspecified atom stereocenters. The second-order valence-corrected chi connectivity index (χ2v) is 5.36. The number of halogens is 1. The molecule has 3 heteroatoms. The topological polar surface area (TPSA) is 29.1 Å². The second kappa shape index (κ2) is 6.04. The van der Waals surface area contributed by atoms with Crippen LogP contribution >= 0.6 is 11.6 Å². The van der Waals surface area contributed by atoms with Crippen LogP contribution < -0.4 is 5.32 Å². The molecule has 0 aliphatic rings. The van der Waals surface area contributed by atoms with Gasteiger partial charge in [0.2, 0.25) is 5.91 Å². The van der Waals surface area contributed by atoms with E-state index in [1.165, 1.54) is 11.5 Å². The first-order chi connectivity index (χ1) is 10.7. The Morgan fingerprint density at radius 3 is 2.55 bits per heavy atom. The van der Waals surface area contributed by atoms with Gasteiger partial charge in [-0.3, -0.25) is 4.79 Å². The van der Waals surface area contributed by atoms with Crippen molar-refractivity contribution in [3.8, 4) is 11.1 Å². The molecule has 0 saturated heterocycles. The zero-order valence-corrected chi connectivity index (χ0v) is 12.6. The standard InChI is InChI=1S/C19H14ClNO/c1-2-19(22)21-16-9-10-18(20)17(12-16)15-8-7-13-5-3-4-6-14(13)11-15/h2-12H,1H2,(H,21,22). The summed E-state index contributed by atoms with van der Waals surface area (Å²) in [5.41, 5.74) is 2.59. The molecule has 0 aromatic heterocycles. The number of benzene rings is 3. The smallest absolute Gasteiger partial charge is 0.247 e. The van der Waals surface area contributed by atoms with Gasteiger partial charge in [0.05, 0.1) is 0 Å². The van der Waals surface area contributed by atoms with Crippen LogP contribution in [0.4, 0.5) is 5.69 Å². The van der Waals surface area contributed by atoms with E-state index >= 15 is 0 Å². The van der Waals surface area contributed by atoms with E-state index in [9.17, 15) is 4.79 Å². The van der Waals surface area contributed by atoms with E-state index in [1.54, 1.807) is 12.1 Å². The third-order valence-electron chi connectivity index (χ3n) is 3.48. The Morgan fingerprint density at radius 1 is 1.00 bits per heavy atom. The van der Waals surface area contributed by atoms with Crippen molar-refractivity contribution in [3.05, 3.63) is 78.3 Å². The molecule has 108 valence electrons. The molecule has 1 N–H and O–H groups in total. The van der Waals surface area contributed by atoms with Crippen LogP contribution in [0.5, 0.6) is 0 Å². The number of carbonyl (C=O) groups excluding carboxylic acids is 1. The first-order valence-corrected chi connectivity index (χ1v) is 7.27. The van der Waals surface area contributed by atoms with E-state index in [0.29, 0.717) is 10.7 Å². The maximum absolute atomic E-state index is 11.4. The van der Waals surface area contributed by atoms with Gasteiger partial charge >= 0.3 is 0 Å². The van der Waals surface area contributed by atoms with Gasteiger partial charge in [0.15, 0.2) is 0 Å². The number of nitrogens with one attached hydrogen (secondary N) is 1. The van der Waals surface area contributed by atoms with Gasteiger partial charge in [-0.25, -0.2) is 0 Å². The molecule has 3 rings (SSSR count). The Labute approximate surface area is 134 Å². The molecular weight excluding hydrogens is 294 g/mol. The monoisotopic (exact) mass is 307 g/mol. The molecule has 0 aliphatic carbocycles. The molecule has 0 radical (unpaired) electrons. The fraction of sp³-hybridized carbons (Fsp3) is 0. The molecule has 0 bridgehead atoms. The summed E-state index contributed by atoms with van der Waals surface area (Å²) in [5.74, 6) is -0.244. The largest absolute Gasteiger partial charge is 0.323 e. The number of fused-ring (bicyclic) bond motifs is 1. The van der Waals surface area contributed by atoms with E-state index in [-0.39, 0.29) is 5.91 Å². The van der Waals surface area contributed by atoms with E-state index in [1.807, 2.05) is 24.3 Å². The molecule has 0 atom stereocenters. The third kappa shape index (κ3) is 2.87. The lowest BCUT2D eigenvalue weighted by atomic mass is 10.0. The van der Waals surface area contributed by atoms with Crippen LogP contribution in [-0.4, -0.2) is 5.91 Å². The van der Waals surface area contributed by atoms with Crippen molar-refractivity contribution in [3.63, 3.8) is 0 Å². The van der Waals surface area contributed by atoms with E-state index < -0.39 is 0 Å². The summed E-state index contributed by atoms with van der Waals surface area (Å²) in [6.07, 6.45) is 1.24. The normalized spacial score (nSPS) is 10.4. The van der Waals surface area contributed by atoms with E-state index in [2.05, 4.69) is 36.2 Å². The summed E-state index contributed by atoms with van der Waals surface area (Å²) < 4.78 is 0. The lowest BCUT2D eigenvalue weighted by molar-refractivity contribution is -0.111. The van der Waals surface area contributed by atoms with Gasteiger partial charge in [-0.1, -0.05) is 54.6 Å². The Kier molecular flexibility index (Phi) is 3.94. The SMILES string of the molecule is C=CC(=O)Nc1ccc(Cl)c(-c2ccc3ccccc3c2)c1. The van der Waals surface area contributed by atoms with Gasteiger partial charge < -0.3 is 5.32 Å². The van der Waals surface area contributed by atoms with Crippen LogP contribution in [0.1, 0.15) is 0 Å². The molecule has 0 saturated carbocycles. The molecule has 1 amide bonds. The van der Waals surface area contributed by atoms with Crippen molar-refractivity contribution >= 4 is 34.0 Å². The molecular formula is C19H14ClNO. The summed E-state index contributed by atoms with van der Waals surface area (Å²) in [5, 5.41) is 5.72.